The van der Waals surface area contributed by atoms with Gasteiger partial charge in [0.15, 0.2) is 5.72 Å². The third-order valence-electron chi connectivity index (χ3n) is 4.79. The number of benzene rings is 1. The van der Waals surface area contributed by atoms with Crippen molar-refractivity contribution in [2.45, 2.75) is 39.0 Å². The molecular formula is C15H17Cl2N3O. The van der Waals surface area contributed by atoms with E-state index >= 15 is 0 Å². The summed E-state index contributed by atoms with van der Waals surface area (Å²) >= 11 is 12.5. The summed E-state index contributed by atoms with van der Waals surface area (Å²) in [4.78, 5) is 4.06. The summed E-state index contributed by atoms with van der Waals surface area (Å²) in [6.07, 6.45) is 3.15. The summed E-state index contributed by atoms with van der Waals surface area (Å²) in [5.41, 5.74) is -0.523. The van der Waals surface area contributed by atoms with Crippen LogP contribution in [-0.2, 0) is 10.5 Å². The number of hydrogen-bond donors (Lipinski definition) is 0. The van der Waals surface area contributed by atoms with Crippen molar-refractivity contribution in [2.24, 2.45) is 5.41 Å². The number of aromatic nitrogens is 3. The first kappa shape index (κ1) is 14.8. The van der Waals surface area contributed by atoms with E-state index in [2.05, 4.69) is 37.8 Å². The Balaban J connectivity index is 2.25. The van der Waals surface area contributed by atoms with Gasteiger partial charge in [-0.25, -0.2) is 9.67 Å². The van der Waals surface area contributed by atoms with Crippen molar-refractivity contribution in [2.75, 3.05) is 0 Å². The number of hydrogen-bond acceptors (Lipinski definition) is 3. The quantitative estimate of drug-likeness (QED) is 0.833. The number of ether oxygens (including phenoxy) is 1. The van der Waals surface area contributed by atoms with Crippen molar-refractivity contribution in [1.82, 2.24) is 14.8 Å². The van der Waals surface area contributed by atoms with Crippen LogP contribution in [0.1, 0.15) is 33.3 Å². The second-order valence-electron chi connectivity index (χ2n) is 6.35. The van der Waals surface area contributed by atoms with Gasteiger partial charge in [-0.3, -0.25) is 0 Å². The van der Waals surface area contributed by atoms with Crippen molar-refractivity contribution in [3.05, 3.63) is 46.5 Å². The summed E-state index contributed by atoms with van der Waals surface area (Å²) in [6, 6.07) is 5.43. The second kappa shape index (κ2) is 4.45. The molecule has 6 heteroatoms. The first-order valence-electron chi connectivity index (χ1n) is 6.73. The van der Waals surface area contributed by atoms with Gasteiger partial charge in [-0.05, 0) is 26.0 Å². The average Bonchev–Trinajstić information content (AvgIpc) is 2.90. The van der Waals surface area contributed by atoms with Gasteiger partial charge in [0, 0.05) is 16.0 Å². The van der Waals surface area contributed by atoms with E-state index in [9.17, 15) is 0 Å². The molecule has 1 aliphatic heterocycles. The first-order chi connectivity index (χ1) is 9.72. The fraction of sp³-hybridized carbons (Fsp3) is 0.467. The van der Waals surface area contributed by atoms with Gasteiger partial charge in [0.05, 0.1) is 10.6 Å². The van der Waals surface area contributed by atoms with Crippen LogP contribution in [0.25, 0.3) is 0 Å². The molecule has 2 aromatic rings. The highest BCUT2D eigenvalue weighted by Crippen LogP contribution is 2.63. The second-order valence-corrected chi connectivity index (χ2v) is 7.19. The smallest absolute Gasteiger partial charge is 0.198 e. The number of rotatable bonds is 2. The van der Waals surface area contributed by atoms with Crippen LogP contribution < -0.4 is 0 Å². The van der Waals surface area contributed by atoms with Crippen LogP contribution in [0, 0.1) is 5.41 Å². The van der Waals surface area contributed by atoms with Crippen LogP contribution in [0.2, 0.25) is 10.0 Å². The normalized spacial score (nSPS) is 26.4. The van der Waals surface area contributed by atoms with Gasteiger partial charge >= 0.3 is 0 Å². The average molecular weight is 326 g/mol. The molecule has 1 saturated heterocycles. The van der Waals surface area contributed by atoms with Crippen LogP contribution in [0.4, 0.5) is 0 Å². The Bertz CT molecular complexity index is 682. The molecule has 0 radical (unpaired) electrons. The molecular weight excluding hydrogens is 309 g/mol. The van der Waals surface area contributed by atoms with E-state index in [0.717, 1.165) is 5.56 Å². The van der Waals surface area contributed by atoms with Crippen LogP contribution in [0.15, 0.2) is 30.9 Å². The van der Waals surface area contributed by atoms with E-state index in [-0.39, 0.29) is 11.0 Å². The van der Waals surface area contributed by atoms with Gasteiger partial charge in [0.1, 0.15) is 12.7 Å². The van der Waals surface area contributed by atoms with E-state index < -0.39 is 5.72 Å². The Labute approximate surface area is 134 Å². The molecule has 1 aromatic carbocycles. The van der Waals surface area contributed by atoms with E-state index in [1.54, 1.807) is 17.1 Å². The van der Waals surface area contributed by atoms with Crippen LogP contribution in [0.3, 0.4) is 0 Å². The van der Waals surface area contributed by atoms with Gasteiger partial charge in [0.2, 0.25) is 0 Å². The Morgan fingerprint density at radius 2 is 1.86 bits per heavy atom. The summed E-state index contributed by atoms with van der Waals surface area (Å²) in [7, 11) is 0. The Morgan fingerprint density at radius 3 is 2.33 bits per heavy atom. The summed E-state index contributed by atoms with van der Waals surface area (Å²) in [5.74, 6) is 0. The molecule has 1 fully saturated rings. The molecule has 0 bridgehead atoms. The zero-order valence-electron chi connectivity index (χ0n) is 12.4. The maximum Gasteiger partial charge on any atom is 0.198 e. The van der Waals surface area contributed by atoms with Crippen LogP contribution in [0.5, 0.6) is 0 Å². The monoisotopic (exact) mass is 325 g/mol. The maximum atomic E-state index is 6.44. The molecule has 1 aliphatic rings. The highest BCUT2D eigenvalue weighted by atomic mass is 35.5. The fourth-order valence-corrected chi connectivity index (χ4v) is 3.51. The predicted molar refractivity (Wildman–Crippen MR) is 82.5 cm³/mol. The van der Waals surface area contributed by atoms with E-state index in [1.807, 2.05) is 12.1 Å². The van der Waals surface area contributed by atoms with Crippen molar-refractivity contribution < 1.29 is 4.74 Å². The van der Waals surface area contributed by atoms with Gasteiger partial charge in [0.25, 0.3) is 0 Å². The Kier molecular flexibility index (Phi) is 3.14. The number of halogens is 2. The zero-order valence-corrected chi connectivity index (χ0v) is 13.9. The van der Waals surface area contributed by atoms with Crippen molar-refractivity contribution in [3.63, 3.8) is 0 Å². The highest BCUT2D eigenvalue weighted by molar-refractivity contribution is 6.35. The highest BCUT2D eigenvalue weighted by Gasteiger charge is 2.69. The van der Waals surface area contributed by atoms with Gasteiger partial charge < -0.3 is 4.74 Å². The Hall–Kier alpha value is -1.10. The summed E-state index contributed by atoms with van der Waals surface area (Å²) in [5, 5.41) is 5.45. The lowest BCUT2D eigenvalue weighted by atomic mass is 9.60. The molecule has 3 rings (SSSR count). The van der Waals surface area contributed by atoms with Crippen LogP contribution >= 0.6 is 23.2 Å². The van der Waals surface area contributed by atoms with Crippen molar-refractivity contribution in [3.8, 4) is 0 Å². The maximum absolute atomic E-state index is 6.44. The minimum Gasteiger partial charge on any atom is -0.342 e. The van der Waals surface area contributed by atoms with Gasteiger partial charge in [-0.15, -0.1) is 0 Å². The molecule has 0 aliphatic carbocycles. The lowest BCUT2D eigenvalue weighted by Crippen LogP contribution is -2.72. The molecule has 0 N–H and O–H groups in total. The topological polar surface area (TPSA) is 39.9 Å². The third-order valence-corrected chi connectivity index (χ3v) is 5.34. The first-order valence-corrected chi connectivity index (χ1v) is 7.49. The molecule has 0 spiro atoms. The SMILES string of the molecule is CC1(C)OC(c2ccc(Cl)cc2Cl)(n2cncn2)C1(C)C. The Morgan fingerprint density at radius 1 is 1.14 bits per heavy atom. The molecule has 21 heavy (non-hydrogen) atoms. The lowest BCUT2D eigenvalue weighted by Gasteiger charge is -2.65. The van der Waals surface area contributed by atoms with Gasteiger partial charge in [-0.1, -0.05) is 43.1 Å². The summed E-state index contributed by atoms with van der Waals surface area (Å²) in [6.45, 7) is 8.41. The molecule has 1 atom stereocenters. The number of nitrogens with zero attached hydrogens (tertiary/aromatic N) is 3. The minimum atomic E-state index is -0.797. The molecule has 2 heterocycles. The molecule has 1 unspecified atom stereocenters. The largest absolute Gasteiger partial charge is 0.342 e. The predicted octanol–water partition coefficient (Wildman–Crippen LogP) is 4.12. The molecule has 0 amide bonds. The van der Waals surface area contributed by atoms with E-state index in [4.69, 9.17) is 27.9 Å². The van der Waals surface area contributed by atoms with E-state index in [1.165, 1.54) is 6.33 Å². The lowest BCUT2D eigenvalue weighted by molar-refractivity contribution is -0.380. The fourth-order valence-electron chi connectivity index (χ4n) is 2.97. The standard InChI is InChI=1S/C15H17Cl2N3O/c1-13(2)14(3,4)21-15(13,20-9-18-8-19-20)11-6-5-10(16)7-12(11)17/h5-9H,1-4H3. The van der Waals surface area contributed by atoms with Gasteiger partial charge in [-0.2, -0.15) is 5.10 Å². The molecule has 112 valence electrons. The summed E-state index contributed by atoms with van der Waals surface area (Å²) < 4.78 is 8.04. The molecule has 1 aromatic heterocycles. The minimum absolute atomic E-state index is 0.245. The zero-order chi connectivity index (χ0) is 15.5. The van der Waals surface area contributed by atoms with Crippen LogP contribution in [-0.4, -0.2) is 20.4 Å². The molecule has 0 saturated carbocycles. The third kappa shape index (κ3) is 1.79. The van der Waals surface area contributed by atoms with Crippen molar-refractivity contribution in [1.29, 1.82) is 0 Å². The van der Waals surface area contributed by atoms with Crippen molar-refractivity contribution >= 4 is 23.2 Å². The van der Waals surface area contributed by atoms with E-state index in [0.29, 0.717) is 10.0 Å². The molecule has 4 nitrogen and oxygen atoms in total.